The minimum atomic E-state index is -0.469. The van der Waals surface area contributed by atoms with Crippen LogP contribution in [-0.2, 0) is 17.9 Å². The van der Waals surface area contributed by atoms with Crippen LogP contribution >= 0.6 is 0 Å². The van der Waals surface area contributed by atoms with Crippen molar-refractivity contribution in [3.8, 4) is 0 Å². The number of aliphatic hydroxyl groups excluding tert-OH is 1. The fourth-order valence-corrected chi connectivity index (χ4v) is 2.56. The first-order chi connectivity index (χ1) is 10.1. The molecule has 0 aliphatic carbocycles. The van der Waals surface area contributed by atoms with Crippen LogP contribution in [0, 0.1) is 5.92 Å². The second-order valence-corrected chi connectivity index (χ2v) is 5.32. The van der Waals surface area contributed by atoms with Crippen LogP contribution in [0.15, 0.2) is 24.3 Å². The Morgan fingerprint density at radius 3 is 2.86 bits per heavy atom. The smallest absolute Gasteiger partial charge is 0.314 e. The van der Waals surface area contributed by atoms with Crippen molar-refractivity contribution >= 4 is 11.9 Å². The maximum absolute atomic E-state index is 12.2. The quantitative estimate of drug-likeness (QED) is 0.757. The highest BCUT2D eigenvalue weighted by Crippen LogP contribution is 2.16. The molecular weight excluding hydrogens is 270 g/mol. The molecule has 0 aromatic heterocycles. The minimum Gasteiger partial charge on any atom is -0.392 e. The minimum absolute atomic E-state index is 0.0159. The summed E-state index contributed by atoms with van der Waals surface area (Å²) in [5, 5.41) is 12.0. The van der Waals surface area contributed by atoms with Crippen molar-refractivity contribution < 1.29 is 14.7 Å². The zero-order chi connectivity index (χ0) is 15.2. The highest BCUT2D eigenvalue weighted by atomic mass is 16.3. The Kier molecular flexibility index (Phi) is 5.16. The second kappa shape index (κ2) is 7.08. The lowest BCUT2D eigenvalue weighted by molar-refractivity contribution is -0.126. The zero-order valence-electron chi connectivity index (χ0n) is 11.9. The number of carbonyl (C=O) groups excluding carboxylic acids is 2. The lowest BCUT2D eigenvalue weighted by Crippen LogP contribution is -2.47. The molecule has 1 fully saturated rings. The molecule has 1 aliphatic rings. The SMILES string of the molecule is NC(=O)N1CCCC(C(=O)NCc2cccc(CO)c2)C1. The summed E-state index contributed by atoms with van der Waals surface area (Å²) in [5.74, 6) is -0.261. The molecule has 6 heteroatoms. The van der Waals surface area contributed by atoms with E-state index in [1.807, 2.05) is 24.3 Å². The van der Waals surface area contributed by atoms with E-state index in [0.29, 0.717) is 19.6 Å². The summed E-state index contributed by atoms with van der Waals surface area (Å²) in [6.07, 6.45) is 1.56. The molecule has 1 saturated heterocycles. The number of rotatable bonds is 4. The van der Waals surface area contributed by atoms with Gasteiger partial charge < -0.3 is 21.1 Å². The van der Waals surface area contributed by atoms with E-state index < -0.39 is 6.03 Å². The number of nitrogens with one attached hydrogen (secondary N) is 1. The van der Waals surface area contributed by atoms with Crippen LogP contribution in [0.1, 0.15) is 24.0 Å². The van der Waals surface area contributed by atoms with E-state index in [1.54, 1.807) is 0 Å². The van der Waals surface area contributed by atoms with Crippen molar-refractivity contribution in [2.45, 2.75) is 26.0 Å². The third-order valence-corrected chi connectivity index (χ3v) is 3.74. The first-order valence-electron chi connectivity index (χ1n) is 7.11. The molecule has 0 spiro atoms. The number of benzene rings is 1. The lowest BCUT2D eigenvalue weighted by Gasteiger charge is -2.30. The van der Waals surface area contributed by atoms with Gasteiger partial charge in [-0.15, -0.1) is 0 Å². The van der Waals surface area contributed by atoms with Crippen LogP contribution in [0.4, 0.5) is 4.79 Å². The fourth-order valence-electron chi connectivity index (χ4n) is 2.56. The first kappa shape index (κ1) is 15.3. The van der Waals surface area contributed by atoms with Crippen molar-refractivity contribution in [2.24, 2.45) is 11.7 Å². The maximum Gasteiger partial charge on any atom is 0.314 e. The van der Waals surface area contributed by atoms with Crippen molar-refractivity contribution in [3.63, 3.8) is 0 Å². The van der Waals surface area contributed by atoms with Gasteiger partial charge in [-0.25, -0.2) is 4.79 Å². The summed E-state index contributed by atoms with van der Waals surface area (Å²) < 4.78 is 0. The van der Waals surface area contributed by atoms with E-state index in [9.17, 15) is 9.59 Å². The third-order valence-electron chi connectivity index (χ3n) is 3.74. The van der Waals surface area contributed by atoms with Gasteiger partial charge in [0, 0.05) is 19.6 Å². The van der Waals surface area contributed by atoms with E-state index in [1.165, 1.54) is 4.90 Å². The van der Waals surface area contributed by atoms with E-state index >= 15 is 0 Å². The van der Waals surface area contributed by atoms with Gasteiger partial charge in [0.25, 0.3) is 0 Å². The zero-order valence-corrected chi connectivity index (χ0v) is 11.9. The van der Waals surface area contributed by atoms with Gasteiger partial charge in [-0.05, 0) is 24.0 Å². The number of hydrogen-bond acceptors (Lipinski definition) is 3. The summed E-state index contributed by atoms with van der Waals surface area (Å²) >= 11 is 0. The summed E-state index contributed by atoms with van der Waals surface area (Å²) in [6.45, 7) is 1.41. The number of primary amides is 1. The number of aliphatic hydroxyl groups is 1. The molecular formula is C15H21N3O3. The Morgan fingerprint density at radius 1 is 1.38 bits per heavy atom. The molecule has 1 aromatic carbocycles. The molecule has 1 heterocycles. The average molecular weight is 291 g/mol. The predicted molar refractivity (Wildman–Crippen MR) is 78.1 cm³/mol. The number of nitrogens with zero attached hydrogens (tertiary/aromatic N) is 1. The highest BCUT2D eigenvalue weighted by Gasteiger charge is 2.27. The molecule has 21 heavy (non-hydrogen) atoms. The van der Waals surface area contributed by atoms with Crippen LogP contribution in [0.25, 0.3) is 0 Å². The number of amides is 3. The predicted octanol–water partition coefficient (Wildman–Crippen LogP) is 0.586. The fraction of sp³-hybridized carbons (Fsp3) is 0.467. The van der Waals surface area contributed by atoms with Gasteiger partial charge in [-0.3, -0.25) is 4.79 Å². The molecule has 1 aromatic rings. The molecule has 0 bridgehead atoms. The number of nitrogens with two attached hydrogens (primary N) is 1. The molecule has 4 N–H and O–H groups in total. The molecule has 2 rings (SSSR count). The van der Waals surface area contributed by atoms with Gasteiger partial charge in [-0.1, -0.05) is 24.3 Å². The first-order valence-corrected chi connectivity index (χ1v) is 7.11. The summed E-state index contributed by atoms with van der Waals surface area (Å²) in [4.78, 5) is 24.8. The second-order valence-electron chi connectivity index (χ2n) is 5.32. The molecule has 0 radical (unpaired) electrons. The Morgan fingerprint density at radius 2 is 2.14 bits per heavy atom. The largest absolute Gasteiger partial charge is 0.392 e. The third kappa shape index (κ3) is 4.19. The van der Waals surface area contributed by atoms with Gasteiger partial charge in [0.2, 0.25) is 5.91 Å². The molecule has 6 nitrogen and oxygen atoms in total. The van der Waals surface area contributed by atoms with Crippen LogP contribution in [0.3, 0.4) is 0 Å². The van der Waals surface area contributed by atoms with E-state index in [-0.39, 0.29) is 18.4 Å². The molecule has 114 valence electrons. The van der Waals surface area contributed by atoms with Crippen molar-refractivity contribution in [1.82, 2.24) is 10.2 Å². The Bertz CT molecular complexity index is 519. The van der Waals surface area contributed by atoms with Crippen molar-refractivity contribution in [3.05, 3.63) is 35.4 Å². The molecule has 1 unspecified atom stereocenters. The van der Waals surface area contributed by atoms with Crippen LogP contribution in [-0.4, -0.2) is 35.0 Å². The van der Waals surface area contributed by atoms with Gasteiger partial charge in [0.05, 0.1) is 12.5 Å². The lowest BCUT2D eigenvalue weighted by atomic mass is 9.97. The number of urea groups is 1. The van der Waals surface area contributed by atoms with Crippen LogP contribution in [0.5, 0.6) is 0 Å². The monoisotopic (exact) mass is 291 g/mol. The molecule has 0 saturated carbocycles. The summed E-state index contributed by atoms with van der Waals surface area (Å²) in [7, 11) is 0. The highest BCUT2D eigenvalue weighted by molar-refractivity contribution is 5.80. The van der Waals surface area contributed by atoms with Gasteiger partial charge in [0.15, 0.2) is 0 Å². The van der Waals surface area contributed by atoms with Crippen LogP contribution < -0.4 is 11.1 Å². The van der Waals surface area contributed by atoms with Gasteiger partial charge in [-0.2, -0.15) is 0 Å². The molecule has 3 amide bonds. The maximum atomic E-state index is 12.2. The molecule has 1 aliphatic heterocycles. The van der Waals surface area contributed by atoms with Gasteiger partial charge in [0.1, 0.15) is 0 Å². The Hall–Kier alpha value is -2.08. The van der Waals surface area contributed by atoms with E-state index in [2.05, 4.69) is 5.32 Å². The van der Waals surface area contributed by atoms with Crippen LogP contribution in [0.2, 0.25) is 0 Å². The number of hydrogen-bond donors (Lipinski definition) is 3. The van der Waals surface area contributed by atoms with Crippen molar-refractivity contribution in [2.75, 3.05) is 13.1 Å². The Labute approximate surface area is 123 Å². The number of likely N-dealkylation sites (tertiary alicyclic amines) is 1. The average Bonchev–Trinajstić information content (AvgIpc) is 2.53. The molecule has 1 atom stereocenters. The normalized spacial score (nSPS) is 18.3. The summed E-state index contributed by atoms with van der Waals surface area (Å²) in [5.41, 5.74) is 7.02. The number of carbonyl (C=O) groups is 2. The van der Waals surface area contributed by atoms with E-state index in [0.717, 1.165) is 24.0 Å². The van der Waals surface area contributed by atoms with Crippen molar-refractivity contribution in [1.29, 1.82) is 0 Å². The Balaban J connectivity index is 1.87. The standard InChI is InChI=1S/C15H21N3O3/c16-15(21)18-6-2-5-13(9-18)14(20)17-8-11-3-1-4-12(7-11)10-19/h1,3-4,7,13,19H,2,5-6,8-10H2,(H2,16,21)(H,17,20). The summed E-state index contributed by atoms with van der Waals surface area (Å²) in [6, 6.07) is 6.97. The van der Waals surface area contributed by atoms with E-state index in [4.69, 9.17) is 10.8 Å². The topological polar surface area (TPSA) is 95.7 Å². The number of piperidine rings is 1. The van der Waals surface area contributed by atoms with Gasteiger partial charge >= 0.3 is 6.03 Å².